The Morgan fingerprint density at radius 3 is 2.67 bits per heavy atom. The minimum absolute atomic E-state index is 0.191. The summed E-state index contributed by atoms with van der Waals surface area (Å²) in [4.78, 5) is 4.16. The maximum absolute atomic E-state index is 8.92. The Hall–Kier alpha value is -2.39. The lowest BCUT2D eigenvalue weighted by atomic mass is 10.1. The second kappa shape index (κ2) is 6.37. The van der Waals surface area contributed by atoms with E-state index in [-0.39, 0.29) is 6.61 Å². The summed E-state index contributed by atoms with van der Waals surface area (Å²) in [6, 6.07) is 16.5. The van der Waals surface area contributed by atoms with Gasteiger partial charge in [-0.3, -0.25) is 4.98 Å². The van der Waals surface area contributed by atoms with Crippen molar-refractivity contribution in [2.45, 2.75) is 13.0 Å². The first-order valence-electron chi connectivity index (χ1n) is 7.12. The largest absolute Gasteiger partial charge is 0.396 e. The fraction of sp³-hybridized carbons (Fsp3) is 0.167. The SMILES string of the molecule is OCCc1ccc(NCc2cccc3cnccc23)cc1. The molecule has 0 atom stereocenters. The highest BCUT2D eigenvalue weighted by Gasteiger charge is 2.01. The van der Waals surface area contributed by atoms with Crippen molar-refractivity contribution in [3.8, 4) is 0 Å². The van der Waals surface area contributed by atoms with Crippen molar-refractivity contribution in [1.29, 1.82) is 0 Å². The molecule has 0 saturated heterocycles. The third kappa shape index (κ3) is 3.20. The number of hydrogen-bond acceptors (Lipinski definition) is 3. The van der Waals surface area contributed by atoms with Gasteiger partial charge >= 0.3 is 0 Å². The van der Waals surface area contributed by atoms with Gasteiger partial charge in [-0.25, -0.2) is 0 Å². The molecular weight excluding hydrogens is 260 g/mol. The van der Waals surface area contributed by atoms with Gasteiger partial charge in [0.2, 0.25) is 0 Å². The van der Waals surface area contributed by atoms with Crippen LogP contribution in [0.1, 0.15) is 11.1 Å². The summed E-state index contributed by atoms with van der Waals surface area (Å²) in [7, 11) is 0. The third-order valence-electron chi connectivity index (χ3n) is 3.61. The van der Waals surface area contributed by atoms with Gasteiger partial charge in [-0.15, -0.1) is 0 Å². The summed E-state index contributed by atoms with van der Waals surface area (Å²) in [6.07, 6.45) is 4.43. The maximum atomic E-state index is 8.92. The molecule has 0 aliphatic carbocycles. The Balaban J connectivity index is 1.74. The zero-order valence-electron chi connectivity index (χ0n) is 11.8. The van der Waals surface area contributed by atoms with Crippen LogP contribution in [0.15, 0.2) is 60.9 Å². The zero-order valence-corrected chi connectivity index (χ0v) is 11.8. The lowest BCUT2D eigenvalue weighted by molar-refractivity contribution is 0.299. The molecule has 0 unspecified atom stereocenters. The Morgan fingerprint density at radius 2 is 1.86 bits per heavy atom. The molecule has 1 aromatic heterocycles. The van der Waals surface area contributed by atoms with E-state index in [0.717, 1.165) is 23.2 Å². The first-order chi connectivity index (χ1) is 10.4. The number of pyridine rings is 1. The predicted octanol–water partition coefficient (Wildman–Crippen LogP) is 3.38. The lowest BCUT2D eigenvalue weighted by Gasteiger charge is -2.10. The average molecular weight is 278 g/mol. The lowest BCUT2D eigenvalue weighted by Crippen LogP contribution is -2.00. The third-order valence-corrected chi connectivity index (χ3v) is 3.61. The number of aliphatic hydroxyl groups is 1. The average Bonchev–Trinajstić information content (AvgIpc) is 2.54. The minimum atomic E-state index is 0.191. The van der Waals surface area contributed by atoms with E-state index in [2.05, 4.69) is 46.7 Å². The van der Waals surface area contributed by atoms with Crippen LogP contribution in [0.25, 0.3) is 10.8 Å². The highest BCUT2D eigenvalue weighted by Crippen LogP contribution is 2.19. The topological polar surface area (TPSA) is 45.1 Å². The Morgan fingerprint density at radius 1 is 1.00 bits per heavy atom. The zero-order chi connectivity index (χ0) is 14.5. The smallest absolute Gasteiger partial charge is 0.0471 e. The van der Waals surface area contributed by atoms with Crippen molar-refractivity contribution < 1.29 is 5.11 Å². The van der Waals surface area contributed by atoms with Gasteiger partial charge in [0.1, 0.15) is 0 Å². The fourth-order valence-electron chi connectivity index (χ4n) is 2.46. The molecule has 21 heavy (non-hydrogen) atoms. The van der Waals surface area contributed by atoms with Crippen LogP contribution in [0.4, 0.5) is 5.69 Å². The second-order valence-electron chi connectivity index (χ2n) is 5.04. The molecule has 0 radical (unpaired) electrons. The van der Waals surface area contributed by atoms with E-state index in [1.54, 1.807) is 0 Å². The van der Waals surface area contributed by atoms with Gasteiger partial charge in [0.25, 0.3) is 0 Å². The Bertz CT molecular complexity index is 717. The van der Waals surface area contributed by atoms with Crippen LogP contribution in [0, 0.1) is 0 Å². The molecule has 0 fully saturated rings. The molecule has 106 valence electrons. The molecule has 3 heteroatoms. The molecular formula is C18H18N2O. The van der Waals surface area contributed by atoms with Gasteiger partial charge in [-0.1, -0.05) is 30.3 Å². The van der Waals surface area contributed by atoms with E-state index in [1.165, 1.54) is 10.9 Å². The molecule has 2 aromatic carbocycles. The van der Waals surface area contributed by atoms with E-state index >= 15 is 0 Å². The van der Waals surface area contributed by atoms with Crippen LogP contribution in [0.2, 0.25) is 0 Å². The van der Waals surface area contributed by atoms with E-state index in [0.29, 0.717) is 6.42 Å². The molecule has 0 saturated carbocycles. The summed E-state index contributed by atoms with van der Waals surface area (Å²) < 4.78 is 0. The first kappa shape index (κ1) is 13.6. The Kier molecular flexibility index (Phi) is 4.12. The summed E-state index contributed by atoms with van der Waals surface area (Å²) in [6.45, 7) is 0.970. The van der Waals surface area contributed by atoms with Crippen LogP contribution >= 0.6 is 0 Å². The molecule has 2 N–H and O–H groups in total. The van der Waals surface area contributed by atoms with Crippen molar-refractivity contribution in [3.05, 3.63) is 72.1 Å². The highest BCUT2D eigenvalue weighted by atomic mass is 16.2. The van der Waals surface area contributed by atoms with Crippen LogP contribution in [0.5, 0.6) is 0 Å². The highest BCUT2D eigenvalue weighted by molar-refractivity contribution is 5.84. The van der Waals surface area contributed by atoms with Crippen LogP contribution < -0.4 is 5.32 Å². The molecule has 0 amide bonds. The standard InChI is InChI=1S/C18H18N2O/c21-11-9-14-4-6-17(7-5-14)20-13-16-3-1-2-15-12-19-10-8-18(15)16/h1-8,10,12,20-21H,9,11,13H2. The number of benzene rings is 2. The quantitative estimate of drug-likeness (QED) is 0.752. The minimum Gasteiger partial charge on any atom is -0.396 e. The normalized spacial score (nSPS) is 10.7. The van der Waals surface area contributed by atoms with Crippen molar-refractivity contribution in [1.82, 2.24) is 4.98 Å². The van der Waals surface area contributed by atoms with Crippen LogP contribution in [-0.4, -0.2) is 16.7 Å². The van der Waals surface area contributed by atoms with Crippen LogP contribution in [-0.2, 0) is 13.0 Å². The number of anilines is 1. The van der Waals surface area contributed by atoms with E-state index in [9.17, 15) is 0 Å². The van der Waals surface area contributed by atoms with Crippen molar-refractivity contribution in [2.24, 2.45) is 0 Å². The van der Waals surface area contributed by atoms with E-state index in [1.807, 2.05) is 24.5 Å². The van der Waals surface area contributed by atoms with Crippen LogP contribution in [0.3, 0.4) is 0 Å². The van der Waals surface area contributed by atoms with E-state index in [4.69, 9.17) is 5.11 Å². The number of aromatic nitrogens is 1. The first-order valence-corrected chi connectivity index (χ1v) is 7.12. The number of aliphatic hydroxyl groups excluding tert-OH is 1. The monoisotopic (exact) mass is 278 g/mol. The van der Waals surface area contributed by atoms with Crippen molar-refractivity contribution in [3.63, 3.8) is 0 Å². The van der Waals surface area contributed by atoms with Gasteiger partial charge < -0.3 is 10.4 Å². The van der Waals surface area contributed by atoms with Gasteiger partial charge in [0.15, 0.2) is 0 Å². The summed E-state index contributed by atoms with van der Waals surface area (Å²) in [5.41, 5.74) is 3.50. The molecule has 3 aromatic rings. The van der Waals surface area contributed by atoms with Gasteiger partial charge in [-0.05, 0) is 41.1 Å². The molecule has 3 nitrogen and oxygen atoms in total. The maximum Gasteiger partial charge on any atom is 0.0471 e. The van der Waals surface area contributed by atoms with Gasteiger partial charge in [-0.2, -0.15) is 0 Å². The molecule has 0 bridgehead atoms. The summed E-state index contributed by atoms with van der Waals surface area (Å²) in [5.74, 6) is 0. The van der Waals surface area contributed by atoms with Gasteiger partial charge in [0.05, 0.1) is 0 Å². The summed E-state index contributed by atoms with van der Waals surface area (Å²) in [5, 5.41) is 14.8. The van der Waals surface area contributed by atoms with E-state index < -0.39 is 0 Å². The van der Waals surface area contributed by atoms with Crippen molar-refractivity contribution >= 4 is 16.5 Å². The number of nitrogens with one attached hydrogen (secondary N) is 1. The van der Waals surface area contributed by atoms with Crippen molar-refractivity contribution in [2.75, 3.05) is 11.9 Å². The predicted molar refractivity (Wildman–Crippen MR) is 86.3 cm³/mol. The number of hydrogen-bond donors (Lipinski definition) is 2. The van der Waals surface area contributed by atoms with Gasteiger partial charge in [0, 0.05) is 36.6 Å². The number of fused-ring (bicyclic) bond motifs is 1. The Labute approximate surface area is 124 Å². The number of nitrogens with zero attached hydrogens (tertiary/aromatic N) is 1. The molecule has 1 heterocycles. The molecule has 0 spiro atoms. The fourth-order valence-corrected chi connectivity index (χ4v) is 2.46. The molecule has 0 aliphatic heterocycles. The number of rotatable bonds is 5. The summed E-state index contributed by atoms with van der Waals surface area (Å²) >= 11 is 0. The molecule has 3 rings (SSSR count). The second-order valence-corrected chi connectivity index (χ2v) is 5.04. The molecule has 0 aliphatic rings.